The van der Waals surface area contributed by atoms with Crippen LogP contribution in [0.15, 0.2) is 34.8 Å². The maximum absolute atomic E-state index is 13.7. The van der Waals surface area contributed by atoms with Crippen LogP contribution >= 0.6 is 15.9 Å². The van der Waals surface area contributed by atoms with Crippen LogP contribution in [0.25, 0.3) is 0 Å². The molecule has 0 fully saturated rings. The van der Waals surface area contributed by atoms with Gasteiger partial charge in [-0.1, -0.05) is 22.0 Å². The monoisotopic (exact) mass is 336 g/mol. The van der Waals surface area contributed by atoms with Crippen LogP contribution in [0.2, 0.25) is 0 Å². The fraction of sp³-hybridized carbons (Fsp3) is 0.133. The number of nitrogens with two attached hydrogens (primary N) is 1. The zero-order chi connectivity index (χ0) is 14.9. The van der Waals surface area contributed by atoms with E-state index in [0.717, 1.165) is 11.1 Å². The highest BCUT2D eigenvalue weighted by Gasteiger charge is 2.13. The van der Waals surface area contributed by atoms with E-state index in [1.54, 1.807) is 12.1 Å². The van der Waals surface area contributed by atoms with Crippen molar-refractivity contribution in [2.75, 3.05) is 11.1 Å². The highest BCUT2D eigenvalue weighted by molar-refractivity contribution is 9.10. The van der Waals surface area contributed by atoms with Gasteiger partial charge in [-0.15, -0.1) is 0 Å². The minimum atomic E-state index is -0.495. The Morgan fingerprint density at radius 3 is 2.55 bits per heavy atom. The summed E-state index contributed by atoms with van der Waals surface area (Å²) in [5.74, 6) is -0.874. The summed E-state index contributed by atoms with van der Waals surface area (Å²) in [6, 6.07) is 7.91. The summed E-state index contributed by atoms with van der Waals surface area (Å²) in [5, 5.41) is 2.55. The molecule has 5 heteroatoms. The zero-order valence-electron chi connectivity index (χ0n) is 11.1. The van der Waals surface area contributed by atoms with Crippen molar-refractivity contribution in [2.45, 2.75) is 13.8 Å². The van der Waals surface area contributed by atoms with Gasteiger partial charge in [-0.05, 0) is 49.2 Å². The molecular weight excluding hydrogens is 323 g/mol. The lowest BCUT2D eigenvalue weighted by Gasteiger charge is -2.11. The first-order valence-electron chi connectivity index (χ1n) is 6.01. The van der Waals surface area contributed by atoms with E-state index in [0.29, 0.717) is 15.7 Å². The maximum Gasteiger partial charge on any atom is 0.256 e. The van der Waals surface area contributed by atoms with E-state index in [4.69, 9.17) is 5.73 Å². The topological polar surface area (TPSA) is 55.1 Å². The second kappa shape index (κ2) is 5.63. The molecule has 104 valence electrons. The van der Waals surface area contributed by atoms with Gasteiger partial charge in [0, 0.05) is 15.7 Å². The van der Waals surface area contributed by atoms with Crippen molar-refractivity contribution in [3.63, 3.8) is 0 Å². The maximum atomic E-state index is 13.7. The summed E-state index contributed by atoms with van der Waals surface area (Å²) in [7, 11) is 0. The van der Waals surface area contributed by atoms with Crippen LogP contribution in [0.4, 0.5) is 15.8 Å². The van der Waals surface area contributed by atoms with Crippen molar-refractivity contribution < 1.29 is 9.18 Å². The number of carbonyl (C=O) groups is 1. The summed E-state index contributed by atoms with van der Waals surface area (Å²) in [6.45, 7) is 3.69. The Labute approximate surface area is 125 Å². The van der Waals surface area contributed by atoms with E-state index in [1.807, 2.05) is 19.9 Å². The molecule has 2 aromatic carbocycles. The highest BCUT2D eigenvalue weighted by Crippen LogP contribution is 2.22. The van der Waals surface area contributed by atoms with Crippen LogP contribution in [-0.2, 0) is 0 Å². The molecule has 2 aromatic rings. The van der Waals surface area contributed by atoms with Gasteiger partial charge in [-0.25, -0.2) is 4.39 Å². The number of amides is 1. The zero-order valence-corrected chi connectivity index (χ0v) is 12.7. The van der Waals surface area contributed by atoms with Gasteiger partial charge in [0.15, 0.2) is 0 Å². The molecular formula is C15H14BrFN2O. The molecule has 0 spiro atoms. The number of carbonyl (C=O) groups excluding carboxylic acids is 1. The number of anilines is 2. The quantitative estimate of drug-likeness (QED) is 0.813. The highest BCUT2D eigenvalue weighted by atomic mass is 79.9. The molecule has 0 bridgehead atoms. The third kappa shape index (κ3) is 2.99. The smallest absolute Gasteiger partial charge is 0.256 e. The van der Waals surface area contributed by atoms with Crippen molar-refractivity contribution in [1.82, 2.24) is 0 Å². The molecule has 0 unspecified atom stereocenters. The van der Waals surface area contributed by atoms with Crippen molar-refractivity contribution in [3.8, 4) is 0 Å². The first-order valence-corrected chi connectivity index (χ1v) is 6.81. The molecule has 3 N–H and O–H groups in total. The van der Waals surface area contributed by atoms with Gasteiger partial charge in [0.05, 0.1) is 5.69 Å². The Morgan fingerprint density at radius 1 is 1.20 bits per heavy atom. The average Bonchev–Trinajstić information content (AvgIpc) is 2.37. The number of hydrogen-bond acceptors (Lipinski definition) is 2. The van der Waals surface area contributed by atoms with E-state index < -0.39 is 5.82 Å². The molecule has 0 heterocycles. The van der Waals surface area contributed by atoms with Gasteiger partial charge in [0.1, 0.15) is 5.82 Å². The van der Waals surface area contributed by atoms with Crippen LogP contribution < -0.4 is 11.1 Å². The van der Waals surface area contributed by atoms with Crippen LogP contribution in [-0.4, -0.2) is 5.91 Å². The molecule has 0 aliphatic carbocycles. The minimum Gasteiger partial charge on any atom is -0.398 e. The number of aryl methyl sites for hydroxylation is 2. The fourth-order valence-electron chi connectivity index (χ4n) is 1.89. The molecule has 0 saturated carbocycles. The molecule has 2 rings (SSSR count). The lowest BCUT2D eigenvalue weighted by molar-refractivity contribution is 0.102. The molecule has 0 saturated heterocycles. The van der Waals surface area contributed by atoms with Crippen molar-refractivity contribution in [3.05, 3.63) is 57.3 Å². The van der Waals surface area contributed by atoms with Gasteiger partial charge in [-0.2, -0.15) is 0 Å². The Kier molecular flexibility index (Phi) is 4.09. The lowest BCUT2D eigenvalue weighted by Crippen LogP contribution is -2.15. The van der Waals surface area contributed by atoms with Crippen molar-refractivity contribution >= 4 is 33.2 Å². The number of nitrogens with one attached hydrogen (secondary N) is 1. The standard InChI is InChI=1S/C15H14BrFN2O/c1-8-5-9(2)13(18)7-11(8)15(20)19-14-4-3-10(16)6-12(14)17/h3-7H,18H2,1-2H3,(H,19,20). The Bertz CT molecular complexity index is 686. The first-order chi connectivity index (χ1) is 9.38. The summed E-state index contributed by atoms with van der Waals surface area (Å²) in [5.41, 5.74) is 8.63. The molecule has 1 amide bonds. The van der Waals surface area contributed by atoms with Crippen LogP contribution in [0.1, 0.15) is 21.5 Å². The molecule has 0 aromatic heterocycles. The summed E-state index contributed by atoms with van der Waals surface area (Å²) < 4.78 is 14.3. The number of halogens is 2. The van der Waals surface area contributed by atoms with Gasteiger partial charge in [-0.3, -0.25) is 4.79 Å². The predicted molar refractivity (Wildman–Crippen MR) is 82.4 cm³/mol. The molecule has 0 atom stereocenters. The Morgan fingerprint density at radius 2 is 1.90 bits per heavy atom. The third-order valence-electron chi connectivity index (χ3n) is 3.04. The van der Waals surface area contributed by atoms with E-state index >= 15 is 0 Å². The number of rotatable bonds is 2. The first kappa shape index (κ1) is 14.5. The second-order valence-electron chi connectivity index (χ2n) is 4.60. The SMILES string of the molecule is Cc1cc(C)c(C(=O)Nc2ccc(Br)cc2F)cc1N. The van der Waals surface area contributed by atoms with E-state index in [-0.39, 0.29) is 11.6 Å². The van der Waals surface area contributed by atoms with Crippen molar-refractivity contribution in [1.29, 1.82) is 0 Å². The number of hydrogen-bond donors (Lipinski definition) is 2. The van der Waals surface area contributed by atoms with E-state index in [2.05, 4.69) is 21.2 Å². The molecule has 0 aliphatic rings. The Balaban J connectivity index is 2.31. The van der Waals surface area contributed by atoms with Crippen LogP contribution in [0.3, 0.4) is 0 Å². The molecule has 20 heavy (non-hydrogen) atoms. The second-order valence-corrected chi connectivity index (χ2v) is 5.52. The third-order valence-corrected chi connectivity index (χ3v) is 3.53. The Hall–Kier alpha value is -1.88. The summed E-state index contributed by atoms with van der Waals surface area (Å²) >= 11 is 3.17. The molecule has 0 aliphatic heterocycles. The fourth-order valence-corrected chi connectivity index (χ4v) is 2.23. The van der Waals surface area contributed by atoms with Gasteiger partial charge in [0.2, 0.25) is 0 Å². The summed E-state index contributed by atoms with van der Waals surface area (Å²) in [6.07, 6.45) is 0. The average molecular weight is 337 g/mol. The van der Waals surface area contributed by atoms with Gasteiger partial charge < -0.3 is 11.1 Å². The van der Waals surface area contributed by atoms with Crippen LogP contribution in [0, 0.1) is 19.7 Å². The molecule has 3 nitrogen and oxygen atoms in total. The van der Waals surface area contributed by atoms with E-state index in [9.17, 15) is 9.18 Å². The van der Waals surface area contributed by atoms with Crippen molar-refractivity contribution in [2.24, 2.45) is 0 Å². The predicted octanol–water partition coefficient (Wildman–Crippen LogP) is 4.04. The van der Waals surface area contributed by atoms with Gasteiger partial charge in [0.25, 0.3) is 5.91 Å². The largest absolute Gasteiger partial charge is 0.398 e. The normalized spacial score (nSPS) is 10.4. The minimum absolute atomic E-state index is 0.136. The number of benzene rings is 2. The molecule has 0 radical (unpaired) electrons. The van der Waals surface area contributed by atoms with E-state index in [1.165, 1.54) is 12.1 Å². The van der Waals surface area contributed by atoms with Crippen LogP contribution in [0.5, 0.6) is 0 Å². The number of nitrogen functional groups attached to an aromatic ring is 1. The summed E-state index contributed by atoms with van der Waals surface area (Å²) in [4.78, 5) is 12.2. The lowest BCUT2D eigenvalue weighted by atomic mass is 10.0. The van der Waals surface area contributed by atoms with Gasteiger partial charge >= 0.3 is 0 Å².